The van der Waals surface area contributed by atoms with Gasteiger partial charge in [-0.05, 0) is 34.6 Å². The third-order valence-corrected chi connectivity index (χ3v) is 7.19. The zero-order valence-corrected chi connectivity index (χ0v) is 24.2. The Kier molecular flexibility index (Phi) is 9.04. The smallest absolute Gasteiger partial charge is 0.444 e. The Morgan fingerprint density at radius 2 is 1.98 bits per heavy atom. The highest BCUT2D eigenvalue weighted by molar-refractivity contribution is 7.48. The number of H-pyrrole nitrogens is 1. The van der Waals surface area contributed by atoms with Gasteiger partial charge in [0.25, 0.3) is 5.56 Å². The molecule has 2 aliphatic heterocycles. The molecule has 2 fully saturated rings. The molecule has 18 heteroatoms. The Hall–Kier alpha value is -3.10. The third-order valence-electron chi connectivity index (χ3n) is 5.73. The Balaban J connectivity index is 1.46. The van der Waals surface area contributed by atoms with Gasteiger partial charge in [-0.2, -0.15) is 10.2 Å². The molecule has 4 heterocycles. The number of nitrogen functional groups attached to an aromatic ring is 1. The highest BCUT2D eigenvalue weighted by Crippen LogP contribution is 2.51. The molecule has 0 spiro atoms. The molecule has 4 N–H and O–H groups in total. The van der Waals surface area contributed by atoms with Gasteiger partial charge in [0.1, 0.15) is 23.9 Å². The van der Waals surface area contributed by atoms with Crippen LogP contribution in [-0.2, 0) is 37.1 Å². The van der Waals surface area contributed by atoms with E-state index in [1.54, 1.807) is 34.6 Å². The third kappa shape index (κ3) is 7.60. The number of carbonyl (C=O) groups is 1. The van der Waals surface area contributed by atoms with E-state index in [2.05, 4.69) is 20.3 Å². The normalized spacial score (nSPS) is 25.0. The number of hydrogen-bond acceptors (Lipinski definition) is 14. The summed E-state index contributed by atoms with van der Waals surface area (Å²) in [4.78, 5) is 34.8. The number of fused-ring (bicyclic) bond motifs is 2. The van der Waals surface area contributed by atoms with Crippen LogP contribution in [0, 0.1) is 11.3 Å². The maximum absolute atomic E-state index is 13.4. The molecule has 1 amide bonds. The summed E-state index contributed by atoms with van der Waals surface area (Å²) in [6.07, 6.45) is -2.42. The van der Waals surface area contributed by atoms with Gasteiger partial charge in [0, 0.05) is 6.54 Å². The van der Waals surface area contributed by atoms with Crippen molar-refractivity contribution in [2.75, 3.05) is 32.1 Å². The number of nitrogens with two attached hydrogens (primary N) is 1. The summed E-state index contributed by atoms with van der Waals surface area (Å²) in [7, 11) is -4.22. The van der Waals surface area contributed by atoms with E-state index in [0.29, 0.717) is 0 Å². The SMILES string of the molecule is CC(C)(C)OC(=O)NCCOP(=O)(OCCC#N)OC[C@H]1O[C@@H](n2cnc3c(=O)[nH]c(N)nc32)[C@@H]2OC(C)(C)O[C@@H]21. The molecule has 2 aromatic rings. The second-order valence-corrected chi connectivity index (χ2v) is 12.3. The topological polar surface area (TPSA) is 224 Å². The van der Waals surface area contributed by atoms with E-state index in [9.17, 15) is 14.2 Å². The average molecular weight is 600 g/mol. The zero-order chi connectivity index (χ0) is 30.0. The molecule has 4 rings (SSSR count). The molecule has 0 bridgehead atoms. The Morgan fingerprint density at radius 1 is 1.27 bits per heavy atom. The first-order valence-electron chi connectivity index (χ1n) is 12.8. The lowest BCUT2D eigenvalue weighted by Crippen LogP contribution is -2.34. The summed E-state index contributed by atoms with van der Waals surface area (Å²) in [5, 5.41) is 11.3. The number of amides is 1. The number of imidazole rings is 1. The monoisotopic (exact) mass is 599 g/mol. The molecule has 41 heavy (non-hydrogen) atoms. The molecule has 226 valence electrons. The largest absolute Gasteiger partial charge is 0.474 e. The number of hydrogen-bond donors (Lipinski definition) is 3. The van der Waals surface area contributed by atoms with Gasteiger partial charge in [0.05, 0.1) is 38.6 Å². The lowest BCUT2D eigenvalue weighted by atomic mass is 10.1. The van der Waals surface area contributed by atoms with Gasteiger partial charge in [0.2, 0.25) is 5.95 Å². The van der Waals surface area contributed by atoms with E-state index in [0.717, 1.165) is 0 Å². The minimum absolute atomic E-state index is 0.0509. The second kappa shape index (κ2) is 12.0. The van der Waals surface area contributed by atoms with Crippen molar-refractivity contribution in [1.29, 1.82) is 5.26 Å². The predicted octanol–water partition coefficient (Wildman–Crippen LogP) is 1.72. The lowest BCUT2D eigenvalue weighted by Gasteiger charge is -2.25. The van der Waals surface area contributed by atoms with E-state index in [1.165, 1.54) is 10.9 Å². The molecule has 5 atom stereocenters. The van der Waals surface area contributed by atoms with Crippen LogP contribution in [0.2, 0.25) is 0 Å². The summed E-state index contributed by atoms with van der Waals surface area (Å²) < 4.78 is 54.6. The lowest BCUT2D eigenvalue weighted by molar-refractivity contribution is -0.199. The molecule has 17 nitrogen and oxygen atoms in total. The fraction of sp³-hybridized carbons (Fsp3) is 0.696. The molecule has 0 aliphatic carbocycles. The van der Waals surface area contributed by atoms with E-state index >= 15 is 0 Å². The number of alkyl carbamates (subject to hydrolysis) is 1. The number of aromatic amines is 1. The van der Waals surface area contributed by atoms with E-state index < -0.39 is 55.4 Å². The van der Waals surface area contributed by atoms with Gasteiger partial charge in [-0.15, -0.1) is 0 Å². The number of anilines is 1. The molecule has 0 radical (unpaired) electrons. The maximum Gasteiger partial charge on any atom is 0.474 e. The molecule has 2 aromatic heterocycles. The summed E-state index contributed by atoms with van der Waals surface area (Å²) in [6.45, 7) is 7.78. The standard InChI is InChI=1S/C23H34N7O10P/c1-22(2,3)40-21(32)26-8-10-35-41(33,34-9-6-7-24)36-11-13-15-16(39-23(4,5)38-15)19(37-13)30-12-27-14-17(30)28-20(25)29-18(14)31/h12-13,15-16,19H,6,8-11H2,1-5H3,(H,26,32)(H3,25,28,29,31)/t13-,15-,16-,19-,41?/m1/s1. The zero-order valence-electron chi connectivity index (χ0n) is 23.3. The molecule has 2 aliphatic rings. The van der Waals surface area contributed by atoms with Crippen LogP contribution >= 0.6 is 7.82 Å². The van der Waals surface area contributed by atoms with Crippen molar-refractivity contribution in [1.82, 2.24) is 24.8 Å². The number of nitrogens with one attached hydrogen (secondary N) is 2. The Bertz CT molecular complexity index is 1400. The second-order valence-electron chi connectivity index (χ2n) is 10.7. The minimum Gasteiger partial charge on any atom is -0.444 e. The van der Waals surface area contributed by atoms with Crippen molar-refractivity contribution >= 4 is 31.0 Å². The molecule has 1 unspecified atom stereocenters. The van der Waals surface area contributed by atoms with Crippen molar-refractivity contribution in [2.24, 2.45) is 0 Å². The molecule has 0 saturated carbocycles. The van der Waals surface area contributed by atoms with Crippen LogP contribution < -0.4 is 16.6 Å². The van der Waals surface area contributed by atoms with E-state index in [1.807, 2.05) is 6.07 Å². The van der Waals surface area contributed by atoms with E-state index in [-0.39, 0.29) is 49.9 Å². The average Bonchev–Trinajstić information content (AvgIpc) is 3.50. The van der Waals surface area contributed by atoms with Gasteiger partial charge in [-0.1, -0.05) is 0 Å². The van der Waals surface area contributed by atoms with Crippen molar-refractivity contribution in [3.05, 3.63) is 16.7 Å². The quantitative estimate of drug-likeness (QED) is 0.247. The van der Waals surface area contributed by atoms with Crippen LogP contribution in [0.15, 0.2) is 11.1 Å². The first kappa shape index (κ1) is 30.8. The molecule has 2 saturated heterocycles. The fourth-order valence-electron chi connectivity index (χ4n) is 4.25. The number of nitrogens with zero attached hydrogens (tertiary/aromatic N) is 4. The highest BCUT2D eigenvalue weighted by Gasteiger charge is 2.56. The van der Waals surface area contributed by atoms with Crippen LogP contribution in [0.4, 0.5) is 10.7 Å². The van der Waals surface area contributed by atoms with Crippen molar-refractivity contribution in [3.63, 3.8) is 0 Å². The number of aromatic nitrogens is 4. The van der Waals surface area contributed by atoms with Crippen LogP contribution in [0.1, 0.15) is 47.3 Å². The highest BCUT2D eigenvalue weighted by atomic mass is 31.2. The van der Waals surface area contributed by atoms with Gasteiger partial charge >= 0.3 is 13.9 Å². The van der Waals surface area contributed by atoms with Crippen molar-refractivity contribution < 1.29 is 41.9 Å². The van der Waals surface area contributed by atoms with Gasteiger partial charge in [-0.3, -0.25) is 27.9 Å². The van der Waals surface area contributed by atoms with Crippen LogP contribution in [0.5, 0.6) is 0 Å². The van der Waals surface area contributed by atoms with Gasteiger partial charge in [-0.25, -0.2) is 14.3 Å². The number of ether oxygens (including phenoxy) is 4. The van der Waals surface area contributed by atoms with Crippen LogP contribution in [-0.4, -0.2) is 81.7 Å². The molecular weight excluding hydrogens is 565 g/mol. The number of rotatable bonds is 11. The first-order valence-corrected chi connectivity index (χ1v) is 14.3. The maximum atomic E-state index is 13.4. The van der Waals surface area contributed by atoms with Gasteiger partial charge in [0.15, 0.2) is 23.2 Å². The van der Waals surface area contributed by atoms with Crippen molar-refractivity contribution in [3.8, 4) is 6.07 Å². The number of phosphoric acid groups is 1. The number of phosphoric ester groups is 1. The van der Waals surface area contributed by atoms with Crippen LogP contribution in [0.25, 0.3) is 11.2 Å². The van der Waals surface area contributed by atoms with Crippen LogP contribution in [0.3, 0.4) is 0 Å². The van der Waals surface area contributed by atoms with E-state index in [4.69, 9.17) is 43.5 Å². The molecular formula is C23H34N7O10P. The summed E-state index contributed by atoms with van der Waals surface area (Å²) in [6, 6.07) is 1.88. The van der Waals surface area contributed by atoms with Crippen molar-refractivity contribution in [2.45, 2.75) is 77.0 Å². The first-order chi connectivity index (χ1) is 19.2. The molecule has 0 aromatic carbocycles. The Morgan fingerprint density at radius 3 is 2.68 bits per heavy atom. The van der Waals surface area contributed by atoms with Gasteiger partial charge < -0.3 is 30.0 Å². The number of carbonyl (C=O) groups excluding carboxylic acids is 1. The minimum atomic E-state index is -4.22. The Labute approximate surface area is 235 Å². The fourth-order valence-corrected chi connectivity index (χ4v) is 5.43. The summed E-state index contributed by atoms with van der Waals surface area (Å²) in [5.74, 6) is -1.09. The summed E-state index contributed by atoms with van der Waals surface area (Å²) in [5.41, 5.74) is 4.76. The number of nitriles is 1. The predicted molar refractivity (Wildman–Crippen MR) is 140 cm³/mol. The summed E-state index contributed by atoms with van der Waals surface area (Å²) >= 11 is 0.